The number of hydrogen-bond donors (Lipinski definition) is 1. The first kappa shape index (κ1) is 27.6. The number of fused-ring (bicyclic) bond motifs is 2. The second kappa shape index (κ2) is 11.0. The Morgan fingerprint density at radius 3 is 2.29 bits per heavy atom. The predicted octanol–water partition coefficient (Wildman–Crippen LogP) is 6.29. The van der Waals surface area contributed by atoms with Crippen LogP contribution < -0.4 is 4.90 Å². The fraction of sp³-hybridized carbons (Fsp3) is 0.242. The highest BCUT2D eigenvalue weighted by Crippen LogP contribution is 2.40. The van der Waals surface area contributed by atoms with Gasteiger partial charge in [-0.2, -0.15) is 0 Å². The molecule has 9 heteroatoms. The third-order valence-electron chi connectivity index (χ3n) is 8.19. The van der Waals surface area contributed by atoms with E-state index in [1.807, 2.05) is 0 Å². The SMILES string of the molecule is Cc1c(Cl)ccc2c(C(=O)OCC(=O)c3ccccc3O)cc(-c3ccc(N4C(=O)C5CCCCC5C4=O)cc3)nc12. The van der Waals surface area contributed by atoms with Gasteiger partial charge in [0.05, 0.1) is 39.9 Å². The molecule has 0 spiro atoms. The number of halogens is 1. The van der Waals surface area contributed by atoms with Crippen LogP contribution in [0.2, 0.25) is 5.02 Å². The van der Waals surface area contributed by atoms with Crippen molar-refractivity contribution in [1.82, 2.24) is 4.98 Å². The Balaban J connectivity index is 1.32. The van der Waals surface area contributed by atoms with Crippen molar-refractivity contribution in [3.63, 3.8) is 0 Å². The predicted molar refractivity (Wildman–Crippen MR) is 158 cm³/mol. The smallest absolute Gasteiger partial charge is 0.339 e. The number of esters is 1. The van der Waals surface area contributed by atoms with Gasteiger partial charge >= 0.3 is 5.97 Å². The summed E-state index contributed by atoms with van der Waals surface area (Å²) in [6, 6.07) is 17.9. The van der Waals surface area contributed by atoms with Crippen LogP contribution in [0.25, 0.3) is 22.2 Å². The second-order valence-electron chi connectivity index (χ2n) is 10.7. The first-order valence-corrected chi connectivity index (χ1v) is 14.2. The number of aromatic nitrogens is 1. The molecule has 1 N–H and O–H groups in total. The number of phenolic OH excluding ortho intramolecular Hbond substituents is 1. The van der Waals surface area contributed by atoms with Crippen molar-refractivity contribution in [1.29, 1.82) is 0 Å². The number of imide groups is 1. The van der Waals surface area contributed by atoms with E-state index in [2.05, 4.69) is 0 Å². The molecule has 2 atom stereocenters. The molecule has 2 unspecified atom stereocenters. The molecule has 2 fully saturated rings. The number of carbonyl (C=O) groups excluding carboxylic acids is 4. The maximum atomic E-state index is 13.3. The summed E-state index contributed by atoms with van der Waals surface area (Å²) in [6.07, 6.45) is 3.39. The molecule has 2 amide bonds. The van der Waals surface area contributed by atoms with Crippen molar-refractivity contribution in [3.8, 4) is 17.0 Å². The van der Waals surface area contributed by atoms with Crippen LogP contribution in [0.3, 0.4) is 0 Å². The Bertz CT molecular complexity index is 1740. The Kier molecular flexibility index (Phi) is 7.24. The molecule has 0 radical (unpaired) electrons. The van der Waals surface area contributed by atoms with E-state index in [0.29, 0.717) is 38.4 Å². The minimum Gasteiger partial charge on any atom is -0.507 e. The summed E-state index contributed by atoms with van der Waals surface area (Å²) in [5.74, 6) is -2.24. The summed E-state index contributed by atoms with van der Waals surface area (Å²) in [5, 5.41) is 11.0. The van der Waals surface area contributed by atoms with E-state index in [4.69, 9.17) is 21.3 Å². The monoisotopic (exact) mass is 582 g/mol. The summed E-state index contributed by atoms with van der Waals surface area (Å²) < 4.78 is 5.38. The number of para-hydroxylation sites is 1. The van der Waals surface area contributed by atoms with Crippen LogP contribution in [0.4, 0.5) is 5.69 Å². The van der Waals surface area contributed by atoms with E-state index in [0.717, 1.165) is 25.7 Å². The van der Waals surface area contributed by atoms with E-state index in [1.54, 1.807) is 61.5 Å². The number of nitrogens with zero attached hydrogens (tertiary/aromatic N) is 2. The number of rotatable bonds is 6. The molecule has 2 aliphatic rings. The van der Waals surface area contributed by atoms with Crippen LogP contribution in [0.1, 0.15) is 52.0 Å². The Labute approximate surface area is 246 Å². The van der Waals surface area contributed by atoms with Crippen LogP contribution in [0.15, 0.2) is 66.7 Å². The van der Waals surface area contributed by atoms with Crippen molar-refractivity contribution >= 4 is 51.8 Å². The van der Waals surface area contributed by atoms with Crippen LogP contribution >= 0.6 is 11.6 Å². The number of aromatic hydroxyl groups is 1. The molecule has 2 heterocycles. The van der Waals surface area contributed by atoms with Crippen molar-refractivity contribution in [2.24, 2.45) is 11.8 Å². The summed E-state index contributed by atoms with van der Waals surface area (Å²) in [4.78, 5) is 58.1. The fourth-order valence-corrected chi connectivity index (χ4v) is 6.07. The van der Waals surface area contributed by atoms with Crippen LogP contribution in [0, 0.1) is 18.8 Å². The average molecular weight is 583 g/mol. The quantitative estimate of drug-likeness (QED) is 0.161. The van der Waals surface area contributed by atoms with Gasteiger partial charge in [-0.05, 0) is 61.7 Å². The third kappa shape index (κ3) is 4.81. The largest absolute Gasteiger partial charge is 0.507 e. The number of aryl methyl sites for hydroxylation is 1. The van der Waals surface area contributed by atoms with Gasteiger partial charge in [0.15, 0.2) is 6.61 Å². The highest BCUT2D eigenvalue weighted by molar-refractivity contribution is 6.32. The van der Waals surface area contributed by atoms with Gasteiger partial charge in [-0.25, -0.2) is 9.78 Å². The lowest BCUT2D eigenvalue weighted by Gasteiger charge is -2.19. The standard InChI is InChI=1S/C33H27ClN2O6/c1-18-26(34)15-14-21-25(33(41)42-17-29(38)24-8-4-5-9-28(24)37)16-27(35-30(18)21)19-10-12-20(13-11-19)36-31(39)22-6-2-3-7-23(22)32(36)40/h4-5,8-16,22-23,37H,2-3,6-7,17H2,1H3. The minimum absolute atomic E-state index is 0.0579. The maximum Gasteiger partial charge on any atom is 0.339 e. The highest BCUT2D eigenvalue weighted by Gasteiger charge is 2.48. The molecule has 0 bridgehead atoms. The van der Waals surface area contributed by atoms with Crippen molar-refractivity contribution in [2.45, 2.75) is 32.6 Å². The number of phenols is 1. The van der Waals surface area contributed by atoms with E-state index < -0.39 is 18.4 Å². The first-order valence-electron chi connectivity index (χ1n) is 13.8. The van der Waals surface area contributed by atoms with Gasteiger partial charge in [0.25, 0.3) is 0 Å². The van der Waals surface area contributed by atoms with Crippen LogP contribution in [-0.4, -0.2) is 40.3 Å². The van der Waals surface area contributed by atoms with Gasteiger partial charge in [-0.1, -0.05) is 54.8 Å². The Morgan fingerprint density at radius 1 is 0.952 bits per heavy atom. The van der Waals surface area contributed by atoms with Gasteiger partial charge in [0, 0.05) is 16.0 Å². The zero-order valence-corrected chi connectivity index (χ0v) is 23.6. The summed E-state index contributed by atoms with van der Waals surface area (Å²) in [7, 11) is 0. The summed E-state index contributed by atoms with van der Waals surface area (Å²) >= 11 is 6.38. The van der Waals surface area contributed by atoms with Crippen molar-refractivity contribution in [3.05, 3.63) is 88.4 Å². The number of pyridine rings is 1. The normalized spacial score (nSPS) is 18.3. The van der Waals surface area contributed by atoms with E-state index in [9.17, 15) is 24.3 Å². The lowest BCUT2D eigenvalue weighted by molar-refractivity contribution is -0.122. The number of hydrogen-bond acceptors (Lipinski definition) is 7. The molecule has 1 aromatic heterocycles. The number of carbonyl (C=O) groups is 4. The van der Waals surface area contributed by atoms with Gasteiger partial charge < -0.3 is 9.84 Å². The molecule has 212 valence electrons. The van der Waals surface area contributed by atoms with Gasteiger partial charge in [-0.3, -0.25) is 19.3 Å². The van der Waals surface area contributed by atoms with E-state index >= 15 is 0 Å². The number of anilines is 1. The third-order valence-corrected chi connectivity index (χ3v) is 8.60. The first-order chi connectivity index (χ1) is 20.2. The van der Waals surface area contributed by atoms with Crippen LogP contribution in [0.5, 0.6) is 5.75 Å². The molecule has 1 aliphatic heterocycles. The maximum absolute atomic E-state index is 13.3. The van der Waals surface area contributed by atoms with Crippen molar-refractivity contribution < 1.29 is 29.0 Å². The zero-order chi connectivity index (χ0) is 29.5. The van der Waals surface area contributed by atoms with Gasteiger partial charge in [0.1, 0.15) is 5.75 Å². The van der Waals surface area contributed by atoms with Gasteiger partial charge in [-0.15, -0.1) is 0 Å². The molecule has 4 aromatic rings. The van der Waals surface area contributed by atoms with Crippen LogP contribution in [-0.2, 0) is 14.3 Å². The van der Waals surface area contributed by atoms with Crippen molar-refractivity contribution in [2.75, 3.05) is 11.5 Å². The minimum atomic E-state index is -0.735. The lowest BCUT2D eigenvalue weighted by atomic mass is 9.81. The van der Waals surface area contributed by atoms with E-state index in [1.165, 1.54) is 17.0 Å². The number of amides is 2. The molecule has 6 rings (SSSR count). The van der Waals surface area contributed by atoms with E-state index in [-0.39, 0.29) is 40.5 Å². The average Bonchev–Trinajstić information content (AvgIpc) is 3.26. The molecule has 1 saturated carbocycles. The zero-order valence-electron chi connectivity index (χ0n) is 22.8. The Hall–Kier alpha value is -4.56. The molecule has 42 heavy (non-hydrogen) atoms. The second-order valence-corrected chi connectivity index (χ2v) is 11.1. The molecule has 1 aliphatic carbocycles. The molecule has 8 nitrogen and oxygen atoms in total. The molecular weight excluding hydrogens is 556 g/mol. The molecular formula is C33H27ClN2O6. The lowest BCUT2D eigenvalue weighted by Crippen LogP contribution is -2.30. The summed E-state index contributed by atoms with van der Waals surface area (Å²) in [6.45, 7) is 1.24. The Morgan fingerprint density at radius 2 is 1.62 bits per heavy atom. The fourth-order valence-electron chi connectivity index (χ4n) is 5.91. The topological polar surface area (TPSA) is 114 Å². The molecule has 3 aromatic carbocycles. The number of Topliss-reactive ketones (excluding diaryl/α,β-unsaturated/α-hetero) is 1. The number of benzene rings is 3. The van der Waals surface area contributed by atoms with Gasteiger partial charge in [0.2, 0.25) is 17.6 Å². The number of ether oxygens (including phenoxy) is 1. The molecule has 1 saturated heterocycles. The summed E-state index contributed by atoms with van der Waals surface area (Å²) in [5.41, 5.74) is 3.02. The number of ketones is 1. The highest BCUT2D eigenvalue weighted by atomic mass is 35.5.